The van der Waals surface area contributed by atoms with Crippen molar-refractivity contribution < 1.29 is 29.5 Å². The number of rotatable bonds is 4. The van der Waals surface area contributed by atoms with E-state index in [4.69, 9.17) is 36.7 Å². The van der Waals surface area contributed by atoms with Gasteiger partial charge in [0.1, 0.15) is 41.8 Å². The highest BCUT2D eigenvalue weighted by atomic mass is 16.5. The molecular weight excluding hydrogens is 656 g/mol. The minimum absolute atomic E-state index is 0.107. The van der Waals surface area contributed by atoms with Crippen molar-refractivity contribution >= 4 is 17.5 Å². The number of nitrogen functional groups attached to an aromatic ring is 3. The van der Waals surface area contributed by atoms with Gasteiger partial charge in [-0.05, 0) is 38.5 Å². The Balaban J connectivity index is 0.000000169. The topological polar surface area (TPSA) is 295 Å². The fourth-order valence-electron chi connectivity index (χ4n) is 5.70. The molecule has 0 saturated carbocycles. The molecule has 19 heteroatoms. The number of aliphatic hydroxyl groups is 3. The van der Waals surface area contributed by atoms with Crippen LogP contribution < -0.4 is 34.3 Å². The molecule has 0 bridgehead atoms. The van der Waals surface area contributed by atoms with Crippen LogP contribution in [0.25, 0.3) is 0 Å². The number of nitriles is 1. The molecule has 3 aromatic heterocycles. The summed E-state index contributed by atoms with van der Waals surface area (Å²) < 4.78 is 20.3. The number of anilines is 3. The molecule has 3 aliphatic rings. The van der Waals surface area contributed by atoms with Crippen molar-refractivity contribution in [3.05, 3.63) is 80.4 Å². The summed E-state index contributed by atoms with van der Waals surface area (Å²) in [4.78, 5) is 45.6. The predicted molar refractivity (Wildman–Crippen MR) is 178 cm³/mol. The molecule has 0 aliphatic carbocycles. The van der Waals surface area contributed by atoms with E-state index in [9.17, 15) is 29.7 Å². The quantitative estimate of drug-likeness (QED) is 0.179. The van der Waals surface area contributed by atoms with Gasteiger partial charge in [0.25, 0.3) is 0 Å². The smallest absolute Gasteiger partial charge is 0.351 e. The maximum Gasteiger partial charge on any atom is 0.351 e. The molecule has 19 nitrogen and oxygen atoms in total. The second-order valence-electron chi connectivity index (χ2n) is 12.0. The molecule has 0 aromatic carbocycles. The normalized spacial score (nSPS) is 31.6. The monoisotopic (exact) mass is 698 g/mol. The van der Waals surface area contributed by atoms with E-state index >= 15 is 0 Å². The van der Waals surface area contributed by atoms with E-state index in [0.717, 1.165) is 0 Å². The number of aliphatic hydroxyl groups excluding tert-OH is 3. The van der Waals surface area contributed by atoms with Crippen molar-refractivity contribution in [2.75, 3.05) is 17.2 Å². The Morgan fingerprint density at radius 2 is 1.26 bits per heavy atom. The largest absolute Gasteiger partial charge is 0.390 e. The van der Waals surface area contributed by atoms with E-state index < -0.39 is 66.1 Å². The molecule has 3 aromatic rings. The first kappa shape index (κ1) is 37.8. The van der Waals surface area contributed by atoms with Crippen molar-refractivity contribution in [1.29, 1.82) is 5.26 Å². The first-order valence-corrected chi connectivity index (χ1v) is 15.7. The average molecular weight is 699 g/mol. The Labute approximate surface area is 285 Å². The van der Waals surface area contributed by atoms with Crippen LogP contribution in [-0.2, 0) is 14.2 Å². The van der Waals surface area contributed by atoms with Gasteiger partial charge in [0, 0.05) is 30.1 Å². The molecular formula is C31H42N10O9. The summed E-state index contributed by atoms with van der Waals surface area (Å²) >= 11 is 0. The van der Waals surface area contributed by atoms with E-state index in [2.05, 4.69) is 21.5 Å². The summed E-state index contributed by atoms with van der Waals surface area (Å²) in [6, 6.07) is 6.45. The molecule has 50 heavy (non-hydrogen) atoms. The van der Waals surface area contributed by atoms with Crippen LogP contribution in [0.3, 0.4) is 0 Å². The predicted octanol–water partition coefficient (Wildman–Crippen LogP) is -0.967. The van der Waals surface area contributed by atoms with Gasteiger partial charge >= 0.3 is 17.1 Å². The van der Waals surface area contributed by atoms with Crippen LogP contribution in [-0.4, -0.2) is 80.6 Å². The maximum atomic E-state index is 11.7. The fourth-order valence-corrected chi connectivity index (χ4v) is 5.70. The van der Waals surface area contributed by atoms with Gasteiger partial charge in [-0.2, -0.15) is 20.2 Å². The summed E-state index contributed by atoms with van der Waals surface area (Å²) in [5.41, 5.74) is 15.0. The zero-order valence-electron chi connectivity index (χ0n) is 27.9. The van der Waals surface area contributed by atoms with Crippen LogP contribution >= 0.6 is 0 Å². The van der Waals surface area contributed by atoms with E-state index in [0.29, 0.717) is 12.0 Å². The molecule has 0 spiro atoms. The van der Waals surface area contributed by atoms with Crippen LogP contribution in [0, 0.1) is 23.2 Å². The van der Waals surface area contributed by atoms with Crippen LogP contribution in [0.1, 0.15) is 52.8 Å². The minimum Gasteiger partial charge on any atom is -0.390 e. The third-order valence-corrected chi connectivity index (χ3v) is 8.59. The number of hydrogen-bond acceptors (Lipinski definition) is 16. The Morgan fingerprint density at radius 1 is 0.780 bits per heavy atom. The lowest BCUT2D eigenvalue weighted by Crippen LogP contribution is -2.31. The minimum atomic E-state index is -0.908. The van der Waals surface area contributed by atoms with Gasteiger partial charge in [-0.25, -0.2) is 14.4 Å². The molecule has 9 N–H and O–H groups in total. The van der Waals surface area contributed by atoms with Crippen LogP contribution in [0.2, 0.25) is 0 Å². The van der Waals surface area contributed by atoms with Crippen LogP contribution in [0.4, 0.5) is 17.5 Å². The third-order valence-electron chi connectivity index (χ3n) is 8.59. The lowest BCUT2D eigenvalue weighted by atomic mass is 10.00. The summed E-state index contributed by atoms with van der Waals surface area (Å²) in [7, 11) is 0. The Hall–Kier alpha value is -4.97. The van der Waals surface area contributed by atoms with Crippen molar-refractivity contribution in [3.63, 3.8) is 0 Å². The summed E-state index contributed by atoms with van der Waals surface area (Å²) in [6.07, 6.45) is -0.361. The second kappa shape index (κ2) is 15.7. The Kier molecular flexibility index (Phi) is 11.9. The average Bonchev–Trinajstić information content (AvgIpc) is 3.62. The number of ether oxygens (including phenoxy) is 3. The third kappa shape index (κ3) is 7.91. The van der Waals surface area contributed by atoms with Gasteiger partial charge in [0.15, 0.2) is 12.5 Å². The van der Waals surface area contributed by atoms with Crippen molar-refractivity contribution in [2.24, 2.45) is 11.8 Å². The van der Waals surface area contributed by atoms with Gasteiger partial charge in [0.2, 0.25) is 0 Å². The van der Waals surface area contributed by atoms with E-state index in [-0.39, 0.29) is 35.6 Å². The lowest BCUT2D eigenvalue weighted by Gasteiger charge is -2.17. The van der Waals surface area contributed by atoms with Crippen LogP contribution in [0.5, 0.6) is 0 Å². The van der Waals surface area contributed by atoms with Gasteiger partial charge in [-0.3, -0.25) is 13.7 Å². The first-order chi connectivity index (χ1) is 23.6. The molecule has 0 radical (unpaired) electrons. The summed E-state index contributed by atoms with van der Waals surface area (Å²) in [5.74, 6) is -0.509. The fraction of sp³-hybridized carbons (Fsp3) is 0.516. The number of aromatic nitrogens is 6. The lowest BCUT2D eigenvalue weighted by molar-refractivity contribution is -0.0236. The highest BCUT2D eigenvalue weighted by Gasteiger charge is 2.44. The molecule has 3 saturated heterocycles. The second-order valence-corrected chi connectivity index (χ2v) is 12.0. The van der Waals surface area contributed by atoms with Crippen molar-refractivity contribution in [1.82, 2.24) is 28.7 Å². The molecule has 3 fully saturated rings. The highest BCUT2D eigenvalue weighted by Crippen LogP contribution is 2.35. The van der Waals surface area contributed by atoms with Gasteiger partial charge in [-0.15, -0.1) is 0 Å². The van der Waals surface area contributed by atoms with Gasteiger partial charge < -0.3 is 46.7 Å². The SMILES string of the molecule is C=C1[C@@H](O)[C@@H](C)O[C@H]1n1ccc(N)nc1=O.CC1[C@@H](O)[C@@H](C)O[C@H]1n1ccc(N)nc1=O.CCC1OC(n2ccc(N)nc2=O)C(C#N)C1O. The summed E-state index contributed by atoms with van der Waals surface area (Å²) in [5, 5.41) is 38.4. The van der Waals surface area contributed by atoms with Crippen LogP contribution in [0.15, 0.2) is 63.3 Å². The molecule has 6 rings (SSSR count). The Bertz CT molecular complexity index is 1890. The number of hydrogen-bond donors (Lipinski definition) is 6. The first-order valence-electron chi connectivity index (χ1n) is 15.7. The molecule has 5 unspecified atom stereocenters. The van der Waals surface area contributed by atoms with Gasteiger partial charge in [-0.1, -0.05) is 20.4 Å². The highest BCUT2D eigenvalue weighted by molar-refractivity contribution is 5.25. The van der Waals surface area contributed by atoms with Crippen molar-refractivity contribution in [2.45, 2.75) is 89.4 Å². The van der Waals surface area contributed by atoms with E-state index in [1.807, 2.05) is 19.9 Å². The Morgan fingerprint density at radius 3 is 1.64 bits per heavy atom. The molecule has 0 amide bonds. The number of nitrogens with zero attached hydrogens (tertiary/aromatic N) is 7. The standard InChI is InChI=1S/C11H14N4O3.C10H15N3O3.C10H13N3O3/c1-2-7-9(16)6(5-12)10(18-7)15-4-3-8(13)14-11(15)17;2*1-5-8(14)6(2)16-9(5)13-4-3-7(11)12-10(13)15/h3-4,6-7,9-10,16H,2H2,1H3,(H2,13,14,17);3-6,8-9,14H,1-2H3,(H2,11,12,15);3-4,6,8-9,14H,1H2,2H3,(H2,11,12,15)/t;5?,6-,8-,9-;6-,8-,9-/m.11/s1. The molecule has 11 atom stereocenters. The van der Waals surface area contributed by atoms with Gasteiger partial charge in [0.05, 0.1) is 30.5 Å². The number of nitrogens with two attached hydrogens (primary N) is 3. The zero-order valence-corrected chi connectivity index (χ0v) is 27.9. The van der Waals surface area contributed by atoms with E-state index in [1.165, 1.54) is 50.5 Å². The van der Waals surface area contributed by atoms with E-state index in [1.54, 1.807) is 13.8 Å². The maximum absolute atomic E-state index is 11.7. The molecule has 270 valence electrons. The van der Waals surface area contributed by atoms with Crippen molar-refractivity contribution in [3.8, 4) is 6.07 Å². The zero-order chi connectivity index (χ0) is 37.0. The molecule has 6 heterocycles. The summed E-state index contributed by atoms with van der Waals surface area (Å²) in [6.45, 7) is 10.9. The molecule has 3 aliphatic heterocycles.